The Morgan fingerprint density at radius 2 is 0.791 bits per heavy atom. The SMILES string of the molecule is CCCCCCCCCCCCCCCCC[C@@H](O)CC(=O)N[C@@H](CO)[C@H](O)CCCCCCCCCCCCCCC. The Morgan fingerprint density at radius 1 is 0.488 bits per heavy atom. The normalized spacial score (nSPS) is 13.7. The Labute approximate surface area is 268 Å². The largest absolute Gasteiger partial charge is 0.394 e. The first-order chi connectivity index (χ1) is 21.0. The van der Waals surface area contributed by atoms with Crippen molar-refractivity contribution in [2.24, 2.45) is 0 Å². The zero-order valence-electron chi connectivity index (χ0n) is 29.1. The van der Waals surface area contributed by atoms with Gasteiger partial charge in [-0.25, -0.2) is 0 Å². The molecule has 1 amide bonds. The number of hydrogen-bond donors (Lipinski definition) is 4. The van der Waals surface area contributed by atoms with Gasteiger partial charge in [-0.1, -0.05) is 194 Å². The summed E-state index contributed by atoms with van der Waals surface area (Å²) >= 11 is 0. The van der Waals surface area contributed by atoms with Crippen molar-refractivity contribution in [2.75, 3.05) is 6.61 Å². The number of rotatable bonds is 35. The summed E-state index contributed by atoms with van der Waals surface area (Å²) in [5.74, 6) is -0.281. The van der Waals surface area contributed by atoms with E-state index in [9.17, 15) is 20.1 Å². The minimum absolute atomic E-state index is 0.0422. The van der Waals surface area contributed by atoms with E-state index in [1.165, 1.54) is 154 Å². The van der Waals surface area contributed by atoms with Crippen LogP contribution in [0, 0.1) is 0 Å². The van der Waals surface area contributed by atoms with Crippen molar-refractivity contribution in [3.8, 4) is 0 Å². The van der Waals surface area contributed by atoms with E-state index in [0.717, 1.165) is 25.7 Å². The lowest BCUT2D eigenvalue weighted by Gasteiger charge is -2.23. The van der Waals surface area contributed by atoms with Crippen molar-refractivity contribution in [2.45, 2.75) is 231 Å². The molecule has 0 bridgehead atoms. The van der Waals surface area contributed by atoms with E-state index < -0.39 is 18.2 Å². The molecule has 0 aliphatic carbocycles. The van der Waals surface area contributed by atoms with Crippen molar-refractivity contribution in [1.82, 2.24) is 5.32 Å². The van der Waals surface area contributed by atoms with Gasteiger partial charge in [-0.3, -0.25) is 4.79 Å². The third kappa shape index (κ3) is 31.1. The number of carbonyl (C=O) groups excluding carboxylic acids is 1. The summed E-state index contributed by atoms with van der Waals surface area (Å²) in [6.07, 6.45) is 36.2. The van der Waals surface area contributed by atoms with Crippen LogP contribution in [-0.2, 0) is 4.79 Å². The van der Waals surface area contributed by atoms with E-state index in [-0.39, 0.29) is 18.9 Å². The van der Waals surface area contributed by atoms with Gasteiger partial charge in [0.1, 0.15) is 0 Å². The molecule has 4 N–H and O–H groups in total. The molecular formula is C38H77NO4. The summed E-state index contributed by atoms with van der Waals surface area (Å²) in [5, 5.41) is 33.2. The van der Waals surface area contributed by atoms with Crippen molar-refractivity contribution in [3.63, 3.8) is 0 Å². The van der Waals surface area contributed by atoms with Crippen molar-refractivity contribution in [1.29, 1.82) is 0 Å². The first-order valence-corrected chi connectivity index (χ1v) is 19.3. The molecular weight excluding hydrogens is 534 g/mol. The molecule has 0 unspecified atom stereocenters. The molecule has 3 atom stereocenters. The summed E-state index contributed by atoms with van der Waals surface area (Å²) in [6, 6.07) is -0.650. The van der Waals surface area contributed by atoms with E-state index in [4.69, 9.17) is 0 Å². The summed E-state index contributed by atoms with van der Waals surface area (Å²) in [4.78, 5) is 12.4. The molecule has 0 aliphatic rings. The average molecular weight is 612 g/mol. The maximum atomic E-state index is 12.4. The number of unbranched alkanes of at least 4 members (excludes halogenated alkanes) is 26. The second kappa shape index (κ2) is 34.2. The molecule has 0 aromatic heterocycles. The first kappa shape index (κ1) is 42.3. The van der Waals surface area contributed by atoms with Crippen LogP contribution in [-0.4, -0.2) is 46.1 Å². The van der Waals surface area contributed by atoms with Crippen LogP contribution in [0.15, 0.2) is 0 Å². The fourth-order valence-electron chi connectivity index (χ4n) is 6.17. The van der Waals surface area contributed by atoms with Crippen LogP contribution in [0.3, 0.4) is 0 Å². The summed E-state index contributed by atoms with van der Waals surface area (Å²) in [6.45, 7) is 4.26. The van der Waals surface area contributed by atoms with Crippen LogP contribution < -0.4 is 5.32 Å². The smallest absolute Gasteiger partial charge is 0.222 e. The molecule has 5 nitrogen and oxygen atoms in total. The van der Waals surface area contributed by atoms with Crippen LogP contribution in [0.5, 0.6) is 0 Å². The van der Waals surface area contributed by atoms with Crippen LogP contribution in [0.2, 0.25) is 0 Å². The molecule has 43 heavy (non-hydrogen) atoms. The molecule has 0 fully saturated rings. The fourth-order valence-corrected chi connectivity index (χ4v) is 6.17. The minimum Gasteiger partial charge on any atom is -0.394 e. The van der Waals surface area contributed by atoms with Gasteiger partial charge in [-0.2, -0.15) is 0 Å². The summed E-state index contributed by atoms with van der Waals surface area (Å²) in [7, 11) is 0. The van der Waals surface area contributed by atoms with Crippen LogP contribution in [0.1, 0.15) is 213 Å². The van der Waals surface area contributed by atoms with E-state index in [2.05, 4.69) is 19.2 Å². The topological polar surface area (TPSA) is 89.8 Å². The predicted molar refractivity (Wildman–Crippen MR) is 186 cm³/mol. The lowest BCUT2D eigenvalue weighted by Crippen LogP contribution is -2.46. The van der Waals surface area contributed by atoms with Gasteiger partial charge in [0.05, 0.1) is 31.3 Å². The highest BCUT2D eigenvalue weighted by Gasteiger charge is 2.21. The van der Waals surface area contributed by atoms with Gasteiger partial charge >= 0.3 is 0 Å². The van der Waals surface area contributed by atoms with Gasteiger partial charge in [-0.05, 0) is 12.8 Å². The molecule has 0 saturated heterocycles. The van der Waals surface area contributed by atoms with Gasteiger partial charge < -0.3 is 20.6 Å². The monoisotopic (exact) mass is 612 g/mol. The highest BCUT2D eigenvalue weighted by Crippen LogP contribution is 2.16. The Morgan fingerprint density at radius 3 is 1.12 bits per heavy atom. The standard InChI is InChI=1S/C38H77NO4/c1-3-5-7-9-11-13-15-17-18-20-21-23-25-27-29-31-35(41)33-38(43)39-36(34-40)37(42)32-30-28-26-24-22-19-16-14-12-10-8-6-4-2/h35-37,40-42H,3-34H2,1-2H3,(H,39,43)/t35-,36+,37-/m1/s1. The van der Waals surface area contributed by atoms with Gasteiger partial charge in [-0.15, -0.1) is 0 Å². The van der Waals surface area contributed by atoms with Gasteiger partial charge in [0.15, 0.2) is 0 Å². The molecule has 0 aromatic rings. The second-order valence-corrected chi connectivity index (χ2v) is 13.6. The van der Waals surface area contributed by atoms with Crippen LogP contribution in [0.4, 0.5) is 0 Å². The maximum Gasteiger partial charge on any atom is 0.222 e. The molecule has 0 aliphatic heterocycles. The minimum atomic E-state index is -0.741. The summed E-state index contributed by atoms with van der Waals surface area (Å²) in [5.41, 5.74) is 0. The van der Waals surface area contributed by atoms with Crippen molar-refractivity contribution < 1.29 is 20.1 Å². The highest BCUT2D eigenvalue weighted by molar-refractivity contribution is 5.76. The number of aliphatic hydroxyl groups is 3. The van der Waals surface area contributed by atoms with E-state index in [0.29, 0.717) is 12.8 Å². The molecule has 258 valence electrons. The Bertz CT molecular complexity index is 558. The van der Waals surface area contributed by atoms with Crippen LogP contribution in [0.25, 0.3) is 0 Å². The number of nitrogens with one attached hydrogen (secondary N) is 1. The number of carbonyl (C=O) groups is 1. The molecule has 0 radical (unpaired) electrons. The molecule has 0 rings (SSSR count). The average Bonchev–Trinajstić information content (AvgIpc) is 3.00. The van der Waals surface area contributed by atoms with Gasteiger partial charge in [0.25, 0.3) is 0 Å². The highest BCUT2D eigenvalue weighted by atomic mass is 16.3. The third-order valence-electron chi connectivity index (χ3n) is 9.17. The van der Waals surface area contributed by atoms with Gasteiger partial charge in [0, 0.05) is 0 Å². The molecule has 0 saturated carbocycles. The first-order valence-electron chi connectivity index (χ1n) is 19.3. The van der Waals surface area contributed by atoms with Gasteiger partial charge in [0.2, 0.25) is 5.91 Å². The van der Waals surface area contributed by atoms with Crippen molar-refractivity contribution in [3.05, 3.63) is 0 Å². The fraction of sp³-hybridized carbons (Fsp3) is 0.974. The zero-order chi connectivity index (χ0) is 31.6. The third-order valence-corrected chi connectivity index (χ3v) is 9.17. The number of aliphatic hydroxyl groups excluding tert-OH is 3. The lowest BCUT2D eigenvalue weighted by atomic mass is 10.0. The van der Waals surface area contributed by atoms with Crippen molar-refractivity contribution >= 4 is 5.91 Å². The quantitative estimate of drug-likeness (QED) is 0.0537. The molecule has 5 heteroatoms. The van der Waals surface area contributed by atoms with E-state index >= 15 is 0 Å². The van der Waals surface area contributed by atoms with E-state index in [1.54, 1.807) is 0 Å². The predicted octanol–water partition coefficient (Wildman–Crippen LogP) is 10.3. The molecule has 0 heterocycles. The Hall–Kier alpha value is -0.650. The molecule has 0 spiro atoms. The Kier molecular flexibility index (Phi) is 33.7. The maximum absolute atomic E-state index is 12.4. The second-order valence-electron chi connectivity index (χ2n) is 13.6. The zero-order valence-corrected chi connectivity index (χ0v) is 29.1. The summed E-state index contributed by atoms with van der Waals surface area (Å²) < 4.78 is 0. The molecule has 0 aromatic carbocycles. The lowest BCUT2D eigenvalue weighted by molar-refractivity contribution is -0.125. The van der Waals surface area contributed by atoms with Crippen LogP contribution >= 0.6 is 0 Å². The van der Waals surface area contributed by atoms with E-state index in [1.807, 2.05) is 0 Å². The number of amides is 1. The number of hydrogen-bond acceptors (Lipinski definition) is 4. The Balaban J connectivity index is 3.63.